The first-order valence-corrected chi connectivity index (χ1v) is 17.3. The number of rotatable bonds is 7. The number of carboxylic acid groups (broad SMARTS) is 1. The molecule has 1 saturated carbocycles. The second-order valence-corrected chi connectivity index (χ2v) is 14.1. The summed E-state index contributed by atoms with van der Waals surface area (Å²) in [6.07, 6.45) is 2.00. The van der Waals surface area contributed by atoms with E-state index in [0.717, 1.165) is 9.91 Å². The van der Waals surface area contributed by atoms with Gasteiger partial charge < -0.3 is 14.9 Å². The number of amides is 4. The molecule has 268 valence electrons. The summed E-state index contributed by atoms with van der Waals surface area (Å²) in [6.45, 7) is 0. The van der Waals surface area contributed by atoms with E-state index < -0.39 is 70.4 Å². The quantitative estimate of drug-likeness (QED) is 0.151. The van der Waals surface area contributed by atoms with E-state index in [9.17, 15) is 33.8 Å². The zero-order chi connectivity index (χ0) is 37.3. The van der Waals surface area contributed by atoms with E-state index in [1.54, 1.807) is 30.3 Å². The lowest BCUT2D eigenvalue weighted by atomic mass is 9.49. The van der Waals surface area contributed by atoms with Gasteiger partial charge in [-0.3, -0.25) is 29.5 Å². The molecule has 3 N–H and O–H groups in total. The van der Waals surface area contributed by atoms with Crippen LogP contribution >= 0.6 is 11.6 Å². The van der Waals surface area contributed by atoms with Crippen LogP contribution < -0.4 is 15.1 Å². The normalized spacial score (nSPS) is 26.2. The van der Waals surface area contributed by atoms with Gasteiger partial charge in [-0.05, 0) is 85.0 Å². The fraction of sp³-hybridized carbons (Fsp3) is 0.225. The number of nitrogens with one attached hydrogen (secondary N) is 1. The van der Waals surface area contributed by atoms with Crippen molar-refractivity contribution < 1.29 is 43.3 Å². The summed E-state index contributed by atoms with van der Waals surface area (Å²) >= 11 is 6.35. The summed E-state index contributed by atoms with van der Waals surface area (Å²) in [7, 11) is 1.42. The van der Waals surface area contributed by atoms with Crippen molar-refractivity contribution in [2.75, 3.05) is 17.4 Å². The van der Waals surface area contributed by atoms with Crippen molar-refractivity contribution in [2.24, 2.45) is 23.7 Å². The van der Waals surface area contributed by atoms with Crippen molar-refractivity contribution in [3.05, 3.63) is 130 Å². The molecule has 4 aromatic carbocycles. The summed E-state index contributed by atoms with van der Waals surface area (Å²) in [5, 5.41) is 21.5. The fourth-order valence-electron chi connectivity index (χ4n) is 8.97. The predicted molar refractivity (Wildman–Crippen MR) is 190 cm³/mol. The number of hydrogen-bond donors (Lipinski definition) is 3. The lowest BCUT2D eigenvalue weighted by molar-refractivity contribution is -0.138. The average Bonchev–Trinajstić information content (AvgIpc) is 3.53. The molecular formula is C40H31ClFN3O8. The van der Waals surface area contributed by atoms with Crippen molar-refractivity contribution in [2.45, 2.75) is 24.2 Å². The Balaban J connectivity index is 1.33. The van der Waals surface area contributed by atoms with Crippen molar-refractivity contribution in [3.63, 3.8) is 0 Å². The standard InChI is InChI=1S/C40H31ClFN3O8/c1-53-32-18-26(46)13-14-28(32)34-27-15-16-29-33(37(49)44(35(29)47)25-4-2-3-20(17-25)38(50)51)30(27)19-31-36(48)45(43-24-11-9-23(42)10-12-24)39(52)40(31,34)21-5-7-22(41)8-6-21/h2-15,17-18,29-31,33-34,43,46H,16,19H2,1H3,(H,50,51). The molecule has 0 spiro atoms. The molecule has 4 aliphatic rings. The number of phenols is 1. The zero-order valence-corrected chi connectivity index (χ0v) is 28.8. The maximum absolute atomic E-state index is 15.3. The number of imide groups is 2. The number of phenolic OH excluding ortho intramolecular Hbond substituents is 1. The Morgan fingerprint density at radius 1 is 0.925 bits per heavy atom. The molecule has 4 amide bonds. The van der Waals surface area contributed by atoms with Gasteiger partial charge in [-0.1, -0.05) is 47.5 Å². The van der Waals surface area contributed by atoms with E-state index in [0.29, 0.717) is 21.7 Å². The van der Waals surface area contributed by atoms with E-state index in [1.807, 2.05) is 6.08 Å². The minimum Gasteiger partial charge on any atom is -0.508 e. The molecule has 2 saturated heterocycles. The summed E-state index contributed by atoms with van der Waals surface area (Å²) in [5.41, 5.74) is 3.15. The Morgan fingerprint density at radius 2 is 1.66 bits per heavy atom. The van der Waals surface area contributed by atoms with Crippen LogP contribution in [0.2, 0.25) is 5.02 Å². The number of fused-ring (bicyclic) bond motifs is 4. The molecule has 0 bridgehead atoms. The number of benzene rings is 4. The number of hydrogen-bond acceptors (Lipinski definition) is 8. The van der Waals surface area contributed by atoms with Gasteiger partial charge in [0.15, 0.2) is 0 Å². The van der Waals surface area contributed by atoms with E-state index in [1.165, 1.54) is 67.8 Å². The van der Waals surface area contributed by atoms with E-state index in [4.69, 9.17) is 16.3 Å². The van der Waals surface area contributed by atoms with Crippen LogP contribution in [-0.2, 0) is 24.6 Å². The van der Waals surface area contributed by atoms with Gasteiger partial charge in [-0.2, -0.15) is 5.01 Å². The van der Waals surface area contributed by atoms with Crippen LogP contribution in [0.15, 0.2) is 103 Å². The molecule has 0 aromatic heterocycles. The minimum absolute atomic E-state index is 0.000717. The maximum atomic E-state index is 15.3. The lowest BCUT2D eigenvalue weighted by Crippen LogP contribution is -2.53. The molecule has 11 nitrogen and oxygen atoms in total. The van der Waals surface area contributed by atoms with E-state index >= 15 is 4.79 Å². The summed E-state index contributed by atoms with van der Waals surface area (Å²) in [5.74, 6) is -8.33. The second-order valence-electron chi connectivity index (χ2n) is 13.7. The second kappa shape index (κ2) is 12.6. The molecule has 0 radical (unpaired) electrons. The first-order chi connectivity index (χ1) is 25.4. The van der Waals surface area contributed by atoms with Gasteiger partial charge in [0.1, 0.15) is 17.3 Å². The molecular weight excluding hydrogens is 705 g/mol. The minimum atomic E-state index is -1.64. The van der Waals surface area contributed by atoms with Gasteiger partial charge >= 0.3 is 5.97 Å². The average molecular weight is 736 g/mol. The Labute approximate surface area is 307 Å². The zero-order valence-electron chi connectivity index (χ0n) is 28.0. The van der Waals surface area contributed by atoms with Gasteiger partial charge in [-0.15, -0.1) is 0 Å². The highest BCUT2D eigenvalue weighted by Crippen LogP contribution is 2.65. The molecule has 6 atom stereocenters. The van der Waals surface area contributed by atoms with Crippen LogP contribution in [0, 0.1) is 29.5 Å². The molecule has 4 aromatic rings. The largest absolute Gasteiger partial charge is 0.508 e. The topological polar surface area (TPSA) is 154 Å². The number of hydrazine groups is 1. The van der Waals surface area contributed by atoms with Crippen molar-refractivity contribution in [3.8, 4) is 11.5 Å². The van der Waals surface area contributed by atoms with Gasteiger partial charge in [0, 0.05) is 22.6 Å². The third-order valence-corrected chi connectivity index (χ3v) is 11.4. The number of halogens is 2. The number of carbonyl (C=O) groups excluding carboxylic acids is 4. The smallest absolute Gasteiger partial charge is 0.335 e. The van der Waals surface area contributed by atoms with Gasteiger partial charge in [-0.25, -0.2) is 9.18 Å². The number of anilines is 2. The summed E-state index contributed by atoms with van der Waals surface area (Å²) < 4.78 is 19.7. The molecule has 2 heterocycles. The highest BCUT2D eigenvalue weighted by Gasteiger charge is 2.70. The van der Waals surface area contributed by atoms with E-state index in [-0.39, 0.29) is 41.3 Å². The molecule has 8 rings (SSSR count). The first-order valence-electron chi connectivity index (χ1n) is 16.9. The van der Waals surface area contributed by atoms with Gasteiger partial charge in [0.25, 0.3) is 11.8 Å². The Hall–Kier alpha value is -6.01. The maximum Gasteiger partial charge on any atom is 0.335 e. The van der Waals surface area contributed by atoms with Gasteiger partial charge in [0.05, 0.1) is 47.2 Å². The number of aromatic hydroxyl groups is 1. The monoisotopic (exact) mass is 735 g/mol. The number of aromatic carboxylic acids is 1. The molecule has 53 heavy (non-hydrogen) atoms. The highest BCUT2D eigenvalue weighted by atomic mass is 35.5. The predicted octanol–water partition coefficient (Wildman–Crippen LogP) is 6.08. The third kappa shape index (κ3) is 5.11. The number of nitrogens with zero attached hydrogens (tertiary/aromatic N) is 2. The van der Waals surface area contributed by atoms with Crippen LogP contribution in [0.3, 0.4) is 0 Å². The van der Waals surface area contributed by atoms with Crippen molar-refractivity contribution in [1.29, 1.82) is 0 Å². The van der Waals surface area contributed by atoms with Crippen LogP contribution in [-0.4, -0.2) is 51.9 Å². The molecule has 2 aliphatic heterocycles. The first kappa shape index (κ1) is 34.1. The van der Waals surface area contributed by atoms with Crippen molar-refractivity contribution in [1.82, 2.24) is 5.01 Å². The molecule has 13 heteroatoms. The Kier molecular flexibility index (Phi) is 8.10. The van der Waals surface area contributed by atoms with Gasteiger partial charge in [0.2, 0.25) is 11.8 Å². The molecule has 2 aliphatic carbocycles. The van der Waals surface area contributed by atoms with Crippen molar-refractivity contribution >= 4 is 52.6 Å². The van der Waals surface area contributed by atoms with Crippen LogP contribution in [0.5, 0.6) is 11.5 Å². The molecule has 3 fully saturated rings. The van der Waals surface area contributed by atoms with Crippen LogP contribution in [0.4, 0.5) is 15.8 Å². The fourth-order valence-corrected chi connectivity index (χ4v) is 9.10. The number of ether oxygens (including phenoxy) is 1. The number of carboxylic acids is 1. The Morgan fingerprint density at radius 3 is 2.36 bits per heavy atom. The summed E-state index contributed by atoms with van der Waals surface area (Å²) in [4.78, 5) is 71.4. The third-order valence-electron chi connectivity index (χ3n) is 11.1. The van der Waals surface area contributed by atoms with Crippen LogP contribution in [0.25, 0.3) is 0 Å². The Bertz CT molecular complexity index is 2260. The highest BCUT2D eigenvalue weighted by molar-refractivity contribution is 6.30. The summed E-state index contributed by atoms with van der Waals surface area (Å²) in [6, 6.07) is 21.9. The number of carbonyl (C=O) groups is 5. The lowest BCUT2D eigenvalue weighted by Gasteiger charge is -2.50. The number of allylic oxidation sites excluding steroid dienone is 2. The molecule has 6 unspecified atom stereocenters. The van der Waals surface area contributed by atoms with Crippen LogP contribution in [0.1, 0.15) is 40.2 Å². The van der Waals surface area contributed by atoms with E-state index in [2.05, 4.69) is 5.43 Å². The SMILES string of the molecule is COc1cc(O)ccc1C1C2=CCC3C(=O)N(c4cccc(C(=O)O)c4)C(=O)C3C2CC2C(=O)N(Nc3ccc(F)cc3)C(=O)C21c1ccc(Cl)cc1. The number of methoxy groups -OCH3 is 1.